The minimum atomic E-state index is -0.280. The van der Waals surface area contributed by atoms with Crippen molar-refractivity contribution in [3.8, 4) is 17.5 Å². The molecule has 0 saturated carbocycles. The molecule has 3 N–H and O–H groups in total. The first-order chi connectivity index (χ1) is 14.6. The largest absolute Gasteiger partial charge is 0.338 e. The summed E-state index contributed by atoms with van der Waals surface area (Å²) in [6.07, 6.45) is 0. The zero-order chi connectivity index (χ0) is 20.7. The number of amides is 1. The van der Waals surface area contributed by atoms with Crippen LogP contribution in [-0.4, -0.2) is 15.9 Å². The number of rotatable bonds is 3. The van der Waals surface area contributed by atoms with Gasteiger partial charge in [0.2, 0.25) is 0 Å². The van der Waals surface area contributed by atoms with Crippen LogP contribution >= 0.6 is 11.6 Å². The van der Waals surface area contributed by atoms with Gasteiger partial charge in [-0.05, 0) is 47.5 Å². The molecule has 0 fully saturated rings. The topological polar surface area (TPSA) is 93.6 Å². The Labute approximate surface area is 177 Å². The van der Waals surface area contributed by atoms with Crippen molar-refractivity contribution in [1.82, 2.24) is 15.3 Å². The molecule has 0 aliphatic carbocycles. The van der Waals surface area contributed by atoms with Gasteiger partial charge < -0.3 is 15.6 Å². The molecule has 1 aromatic heterocycles. The van der Waals surface area contributed by atoms with E-state index in [2.05, 4.69) is 26.7 Å². The standard InChI is InChI=1S/C23H16ClN5O/c24-17-8-19(23(30)27-18-5-4-15-11-26-12-16(15)7-18)21-20(9-17)28-22(29-21)14-3-1-2-13(6-14)10-25/h1-9,26H,11-12H2,(H,27,30)(H,28,29). The lowest BCUT2D eigenvalue weighted by atomic mass is 10.1. The molecule has 2 heterocycles. The van der Waals surface area contributed by atoms with E-state index in [1.807, 2.05) is 24.3 Å². The molecule has 1 aliphatic heterocycles. The van der Waals surface area contributed by atoms with Gasteiger partial charge in [-0.1, -0.05) is 29.8 Å². The molecule has 0 saturated heterocycles. The quantitative estimate of drug-likeness (QED) is 0.457. The lowest BCUT2D eigenvalue weighted by Crippen LogP contribution is -2.13. The molecule has 0 radical (unpaired) electrons. The summed E-state index contributed by atoms with van der Waals surface area (Å²) in [5.41, 5.74) is 6.02. The van der Waals surface area contributed by atoms with Gasteiger partial charge in [-0.15, -0.1) is 0 Å². The van der Waals surface area contributed by atoms with Gasteiger partial charge in [0, 0.05) is 29.4 Å². The maximum atomic E-state index is 13.0. The number of halogens is 1. The van der Waals surface area contributed by atoms with Crippen molar-refractivity contribution in [2.45, 2.75) is 13.1 Å². The highest BCUT2D eigenvalue weighted by Crippen LogP contribution is 2.28. The average Bonchev–Trinajstić information content (AvgIpc) is 3.39. The molecule has 7 heteroatoms. The van der Waals surface area contributed by atoms with Crippen molar-refractivity contribution in [2.75, 3.05) is 5.32 Å². The Hall–Kier alpha value is -3.66. The van der Waals surface area contributed by atoms with Gasteiger partial charge in [-0.25, -0.2) is 4.98 Å². The summed E-state index contributed by atoms with van der Waals surface area (Å²) in [6.45, 7) is 1.65. The monoisotopic (exact) mass is 413 g/mol. The molecule has 0 unspecified atom stereocenters. The van der Waals surface area contributed by atoms with E-state index in [4.69, 9.17) is 16.9 Å². The third kappa shape index (κ3) is 3.30. The van der Waals surface area contributed by atoms with Gasteiger partial charge in [0.15, 0.2) is 0 Å². The van der Waals surface area contributed by atoms with Gasteiger partial charge in [-0.3, -0.25) is 4.79 Å². The lowest BCUT2D eigenvalue weighted by Gasteiger charge is -2.08. The minimum Gasteiger partial charge on any atom is -0.338 e. The molecular formula is C23H16ClN5O. The number of aromatic nitrogens is 2. The molecule has 3 aromatic carbocycles. The Bertz CT molecular complexity index is 1350. The summed E-state index contributed by atoms with van der Waals surface area (Å²) in [5, 5.41) is 15.8. The Kier molecular flexibility index (Phi) is 4.47. The number of hydrogen-bond acceptors (Lipinski definition) is 4. The van der Waals surface area contributed by atoms with Crippen LogP contribution in [0.5, 0.6) is 0 Å². The first-order valence-electron chi connectivity index (χ1n) is 9.44. The highest BCUT2D eigenvalue weighted by Gasteiger charge is 2.18. The number of H-pyrrole nitrogens is 1. The van der Waals surface area contributed by atoms with Crippen LogP contribution in [0.1, 0.15) is 27.0 Å². The van der Waals surface area contributed by atoms with E-state index in [1.54, 1.807) is 30.3 Å². The normalized spacial score (nSPS) is 12.5. The van der Waals surface area contributed by atoms with Crippen LogP contribution in [0.15, 0.2) is 54.6 Å². The second kappa shape index (κ2) is 7.30. The number of imidazole rings is 1. The van der Waals surface area contributed by atoms with Crippen molar-refractivity contribution in [3.63, 3.8) is 0 Å². The highest BCUT2D eigenvalue weighted by atomic mass is 35.5. The Morgan fingerprint density at radius 3 is 2.83 bits per heavy atom. The van der Waals surface area contributed by atoms with E-state index in [1.165, 1.54) is 11.1 Å². The Morgan fingerprint density at radius 2 is 1.97 bits per heavy atom. The fraction of sp³-hybridized carbons (Fsp3) is 0.0870. The van der Waals surface area contributed by atoms with Gasteiger partial charge in [0.25, 0.3) is 5.91 Å². The third-order valence-electron chi connectivity index (χ3n) is 5.16. The fourth-order valence-corrected chi connectivity index (χ4v) is 3.92. The summed E-state index contributed by atoms with van der Waals surface area (Å²) in [6, 6.07) is 18.5. The molecule has 146 valence electrons. The van der Waals surface area contributed by atoms with E-state index < -0.39 is 0 Å². The van der Waals surface area contributed by atoms with Gasteiger partial charge in [0.1, 0.15) is 11.3 Å². The van der Waals surface area contributed by atoms with Gasteiger partial charge in [-0.2, -0.15) is 5.26 Å². The van der Waals surface area contributed by atoms with Crippen LogP contribution < -0.4 is 10.6 Å². The number of benzene rings is 3. The third-order valence-corrected chi connectivity index (χ3v) is 5.37. The van der Waals surface area contributed by atoms with Gasteiger partial charge >= 0.3 is 0 Å². The SMILES string of the molecule is N#Cc1cccc(-c2nc3c(C(=O)Nc4ccc5c(c4)CNC5)cc(Cl)cc3[nH]2)c1. The molecule has 0 bridgehead atoms. The van der Waals surface area contributed by atoms with E-state index in [0.29, 0.717) is 33.0 Å². The zero-order valence-corrected chi connectivity index (χ0v) is 16.5. The predicted octanol–water partition coefficient (Wildman–Crippen LogP) is 4.61. The number of nitrogens with zero attached hydrogens (tertiary/aromatic N) is 2. The second-order valence-corrected chi connectivity index (χ2v) is 7.61. The molecule has 6 nitrogen and oxygen atoms in total. The van der Waals surface area contributed by atoms with Crippen LogP contribution in [0.4, 0.5) is 5.69 Å². The van der Waals surface area contributed by atoms with E-state index >= 15 is 0 Å². The summed E-state index contributed by atoms with van der Waals surface area (Å²) in [4.78, 5) is 20.9. The smallest absolute Gasteiger partial charge is 0.257 e. The number of nitrogens with one attached hydrogen (secondary N) is 3. The molecule has 0 spiro atoms. The van der Waals surface area contributed by atoms with E-state index in [-0.39, 0.29) is 5.91 Å². The summed E-state index contributed by atoms with van der Waals surface area (Å²) in [5.74, 6) is 0.291. The predicted molar refractivity (Wildman–Crippen MR) is 116 cm³/mol. The highest BCUT2D eigenvalue weighted by molar-refractivity contribution is 6.32. The fourth-order valence-electron chi connectivity index (χ4n) is 3.70. The maximum absolute atomic E-state index is 13.0. The van der Waals surface area contributed by atoms with Crippen LogP contribution in [-0.2, 0) is 13.1 Å². The van der Waals surface area contributed by atoms with Crippen LogP contribution in [0.3, 0.4) is 0 Å². The van der Waals surface area contributed by atoms with Crippen LogP contribution in [0.25, 0.3) is 22.4 Å². The molecule has 30 heavy (non-hydrogen) atoms. The number of carbonyl (C=O) groups excluding carboxylic acids is 1. The number of fused-ring (bicyclic) bond motifs is 2. The molecule has 4 aromatic rings. The number of carbonyl (C=O) groups is 1. The second-order valence-electron chi connectivity index (χ2n) is 7.17. The maximum Gasteiger partial charge on any atom is 0.257 e. The average molecular weight is 414 g/mol. The number of nitriles is 1. The Balaban J connectivity index is 1.52. The molecule has 1 aliphatic rings. The minimum absolute atomic E-state index is 0.280. The van der Waals surface area contributed by atoms with E-state index in [9.17, 15) is 4.79 Å². The van der Waals surface area contributed by atoms with Crippen LogP contribution in [0.2, 0.25) is 5.02 Å². The van der Waals surface area contributed by atoms with Crippen molar-refractivity contribution in [3.05, 3.63) is 81.9 Å². The van der Waals surface area contributed by atoms with Crippen molar-refractivity contribution >= 4 is 34.2 Å². The van der Waals surface area contributed by atoms with E-state index in [0.717, 1.165) is 24.3 Å². The summed E-state index contributed by atoms with van der Waals surface area (Å²) in [7, 11) is 0. The van der Waals surface area contributed by atoms with Crippen LogP contribution in [0, 0.1) is 11.3 Å². The van der Waals surface area contributed by atoms with Crippen molar-refractivity contribution in [1.29, 1.82) is 5.26 Å². The number of hydrogen-bond donors (Lipinski definition) is 3. The lowest BCUT2D eigenvalue weighted by molar-refractivity contribution is 0.102. The molecule has 5 rings (SSSR count). The first kappa shape index (κ1) is 18.4. The first-order valence-corrected chi connectivity index (χ1v) is 9.82. The van der Waals surface area contributed by atoms with Crippen molar-refractivity contribution in [2.24, 2.45) is 0 Å². The number of anilines is 1. The zero-order valence-electron chi connectivity index (χ0n) is 15.8. The Morgan fingerprint density at radius 1 is 1.10 bits per heavy atom. The van der Waals surface area contributed by atoms with Gasteiger partial charge in [0.05, 0.1) is 22.7 Å². The molecule has 1 amide bonds. The summed E-state index contributed by atoms with van der Waals surface area (Å²) >= 11 is 6.27. The molecular weight excluding hydrogens is 398 g/mol. The molecule has 0 atom stereocenters. The summed E-state index contributed by atoms with van der Waals surface area (Å²) < 4.78 is 0. The number of aromatic amines is 1. The van der Waals surface area contributed by atoms with Crippen molar-refractivity contribution < 1.29 is 4.79 Å².